The minimum atomic E-state index is 0.402. The first-order chi connectivity index (χ1) is 13.2. The summed E-state index contributed by atoms with van der Waals surface area (Å²) in [4.78, 5) is 7.01. The number of nitrogens with zero attached hydrogens (tertiary/aromatic N) is 3. The second-order valence-corrected chi connectivity index (χ2v) is 6.93. The van der Waals surface area contributed by atoms with Gasteiger partial charge in [-0.05, 0) is 13.0 Å². The Bertz CT molecular complexity index is 949. The molecular formula is C20H24ClN5O. The number of halogens is 1. The highest BCUT2D eigenvalue weighted by molar-refractivity contribution is 6.33. The van der Waals surface area contributed by atoms with E-state index in [0.29, 0.717) is 11.6 Å². The van der Waals surface area contributed by atoms with Gasteiger partial charge in [-0.3, -0.25) is 4.40 Å². The van der Waals surface area contributed by atoms with Gasteiger partial charge < -0.3 is 20.7 Å². The molecule has 0 unspecified atom stereocenters. The lowest BCUT2D eigenvalue weighted by atomic mass is 10.00. The number of nitrogens with two attached hydrogens (primary N) is 1. The molecule has 27 heavy (non-hydrogen) atoms. The van der Waals surface area contributed by atoms with Crippen LogP contribution in [0.1, 0.15) is 12.5 Å². The molecule has 0 saturated carbocycles. The zero-order chi connectivity index (χ0) is 18.8. The quantitative estimate of drug-likeness (QED) is 0.704. The van der Waals surface area contributed by atoms with Gasteiger partial charge in [-0.1, -0.05) is 29.8 Å². The summed E-state index contributed by atoms with van der Waals surface area (Å²) in [6, 6.07) is 7.87. The predicted octanol–water partition coefficient (Wildman–Crippen LogP) is 3.38. The maximum atomic E-state index is 6.52. The average molecular weight is 386 g/mol. The van der Waals surface area contributed by atoms with E-state index in [1.54, 1.807) is 0 Å². The fourth-order valence-corrected chi connectivity index (χ4v) is 3.89. The van der Waals surface area contributed by atoms with Crippen LogP contribution in [0.25, 0.3) is 16.8 Å². The molecule has 7 heteroatoms. The summed E-state index contributed by atoms with van der Waals surface area (Å²) in [6.45, 7) is 6.42. The maximum Gasteiger partial charge on any atom is 0.162 e. The third-order valence-electron chi connectivity index (χ3n) is 4.94. The first-order valence-corrected chi connectivity index (χ1v) is 9.66. The number of ether oxygens (including phenoxy) is 1. The third-order valence-corrected chi connectivity index (χ3v) is 5.27. The Morgan fingerprint density at radius 2 is 2.00 bits per heavy atom. The van der Waals surface area contributed by atoms with Crippen molar-refractivity contribution in [3.05, 3.63) is 47.2 Å². The van der Waals surface area contributed by atoms with Gasteiger partial charge in [-0.25, -0.2) is 4.98 Å². The van der Waals surface area contributed by atoms with Crippen LogP contribution < -0.4 is 16.0 Å². The molecular weight excluding hydrogens is 362 g/mol. The van der Waals surface area contributed by atoms with Crippen molar-refractivity contribution < 1.29 is 4.74 Å². The number of aromatic nitrogens is 2. The van der Waals surface area contributed by atoms with Crippen molar-refractivity contribution in [2.45, 2.75) is 13.5 Å². The summed E-state index contributed by atoms with van der Waals surface area (Å²) in [5, 5.41) is 4.18. The van der Waals surface area contributed by atoms with E-state index in [4.69, 9.17) is 27.1 Å². The summed E-state index contributed by atoms with van der Waals surface area (Å²) in [5.41, 5.74) is 11.0. The molecule has 1 aromatic carbocycles. The molecule has 0 atom stereocenters. The zero-order valence-electron chi connectivity index (χ0n) is 15.4. The Balaban J connectivity index is 1.97. The van der Waals surface area contributed by atoms with Gasteiger partial charge in [0.25, 0.3) is 0 Å². The monoisotopic (exact) mass is 385 g/mol. The second-order valence-electron chi connectivity index (χ2n) is 6.52. The first-order valence-electron chi connectivity index (χ1n) is 9.29. The number of fused-ring (bicyclic) bond motifs is 1. The number of pyridine rings is 1. The summed E-state index contributed by atoms with van der Waals surface area (Å²) < 4.78 is 7.64. The van der Waals surface area contributed by atoms with Gasteiger partial charge in [-0.15, -0.1) is 0 Å². The number of anilines is 2. The highest BCUT2D eigenvalue weighted by atomic mass is 35.5. The van der Waals surface area contributed by atoms with Gasteiger partial charge in [0.15, 0.2) is 5.65 Å². The van der Waals surface area contributed by atoms with Crippen molar-refractivity contribution in [2.75, 3.05) is 43.1 Å². The largest absolute Gasteiger partial charge is 0.382 e. The normalized spacial score (nSPS) is 14.7. The van der Waals surface area contributed by atoms with Crippen molar-refractivity contribution >= 4 is 28.8 Å². The number of imidazole rings is 1. The molecule has 0 radical (unpaired) electrons. The highest BCUT2D eigenvalue weighted by Gasteiger charge is 2.21. The third kappa shape index (κ3) is 3.25. The molecule has 0 amide bonds. The Kier molecular flexibility index (Phi) is 5.20. The number of benzene rings is 1. The van der Waals surface area contributed by atoms with Crippen molar-refractivity contribution in [1.82, 2.24) is 9.38 Å². The smallest absolute Gasteiger partial charge is 0.162 e. The first kappa shape index (κ1) is 18.1. The molecule has 3 N–H and O–H groups in total. The standard InChI is InChI=1S/C20H24ClN5O/c1-2-23-19-15(11-22)16(14-5-3-4-6-17(14)21)13-26-18(12-24-20(19)26)25-7-9-27-10-8-25/h3-6,12-13,23H,2,7-11,22H2,1H3. The average Bonchev–Trinajstić information content (AvgIpc) is 3.13. The Hall–Kier alpha value is -2.28. The lowest BCUT2D eigenvalue weighted by Crippen LogP contribution is -2.36. The fraction of sp³-hybridized carbons (Fsp3) is 0.350. The van der Waals surface area contributed by atoms with E-state index < -0.39 is 0 Å². The van der Waals surface area contributed by atoms with Crippen LogP contribution in [0.3, 0.4) is 0 Å². The SMILES string of the molecule is CCNc1c(CN)c(-c2ccccc2Cl)cn2c(N3CCOCC3)cnc12. The van der Waals surface area contributed by atoms with Crippen LogP contribution in [0, 0.1) is 0 Å². The van der Waals surface area contributed by atoms with Crippen LogP contribution in [0.2, 0.25) is 5.02 Å². The van der Waals surface area contributed by atoms with Crippen LogP contribution in [0.4, 0.5) is 11.5 Å². The molecule has 0 bridgehead atoms. The van der Waals surface area contributed by atoms with Crippen molar-refractivity contribution in [1.29, 1.82) is 0 Å². The zero-order valence-corrected chi connectivity index (χ0v) is 16.2. The molecule has 3 heterocycles. The fourth-order valence-electron chi connectivity index (χ4n) is 3.65. The lowest BCUT2D eigenvalue weighted by molar-refractivity contribution is 0.122. The van der Waals surface area contributed by atoms with E-state index >= 15 is 0 Å². The Morgan fingerprint density at radius 1 is 1.22 bits per heavy atom. The van der Waals surface area contributed by atoms with Crippen molar-refractivity contribution in [3.8, 4) is 11.1 Å². The van der Waals surface area contributed by atoms with Crippen LogP contribution in [0.15, 0.2) is 36.7 Å². The number of morpholine rings is 1. The topological polar surface area (TPSA) is 67.8 Å². The van der Waals surface area contributed by atoms with E-state index in [2.05, 4.69) is 27.7 Å². The Labute approximate surface area is 163 Å². The molecule has 0 aliphatic carbocycles. The molecule has 142 valence electrons. The van der Waals surface area contributed by atoms with E-state index in [-0.39, 0.29) is 0 Å². The maximum absolute atomic E-state index is 6.52. The lowest BCUT2D eigenvalue weighted by Gasteiger charge is -2.28. The number of hydrogen-bond acceptors (Lipinski definition) is 5. The number of rotatable bonds is 5. The van der Waals surface area contributed by atoms with Gasteiger partial charge in [0.05, 0.1) is 25.1 Å². The van der Waals surface area contributed by atoms with E-state index in [0.717, 1.165) is 66.7 Å². The van der Waals surface area contributed by atoms with Crippen LogP contribution in [-0.2, 0) is 11.3 Å². The summed E-state index contributed by atoms with van der Waals surface area (Å²) in [6.07, 6.45) is 4.04. The summed E-state index contributed by atoms with van der Waals surface area (Å²) in [7, 11) is 0. The molecule has 1 aliphatic rings. The van der Waals surface area contributed by atoms with Gasteiger partial charge in [-0.2, -0.15) is 0 Å². The van der Waals surface area contributed by atoms with E-state index in [1.165, 1.54) is 0 Å². The number of nitrogens with one attached hydrogen (secondary N) is 1. The van der Waals surface area contributed by atoms with Gasteiger partial charge in [0.1, 0.15) is 5.82 Å². The highest BCUT2D eigenvalue weighted by Crippen LogP contribution is 2.37. The van der Waals surface area contributed by atoms with Gasteiger partial charge in [0.2, 0.25) is 0 Å². The van der Waals surface area contributed by atoms with Gasteiger partial charge in [0, 0.05) is 54.1 Å². The molecule has 1 saturated heterocycles. The summed E-state index contributed by atoms with van der Waals surface area (Å²) in [5.74, 6) is 1.06. The van der Waals surface area contributed by atoms with Crippen molar-refractivity contribution in [2.24, 2.45) is 5.73 Å². The molecule has 1 fully saturated rings. The molecule has 2 aromatic heterocycles. The van der Waals surface area contributed by atoms with Gasteiger partial charge >= 0.3 is 0 Å². The molecule has 6 nitrogen and oxygen atoms in total. The molecule has 0 spiro atoms. The predicted molar refractivity (Wildman–Crippen MR) is 111 cm³/mol. The minimum absolute atomic E-state index is 0.402. The molecule has 4 rings (SSSR count). The number of hydrogen-bond donors (Lipinski definition) is 2. The van der Waals surface area contributed by atoms with Crippen LogP contribution >= 0.6 is 11.6 Å². The minimum Gasteiger partial charge on any atom is -0.382 e. The van der Waals surface area contributed by atoms with E-state index in [1.807, 2.05) is 30.5 Å². The molecule has 1 aliphatic heterocycles. The van der Waals surface area contributed by atoms with Crippen molar-refractivity contribution in [3.63, 3.8) is 0 Å². The second kappa shape index (κ2) is 7.76. The van der Waals surface area contributed by atoms with Crippen LogP contribution in [0.5, 0.6) is 0 Å². The Morgan fingerprint density at radius 3 is 2.70 bits per heavy atom. The summed E-state index contributed by atoms with van der Waals surface area (Å²) >= 11 is 6.52. The van der Waals surface area contributed by atoms with E-state index in [9.17, 15) is 0 Å². The molecule has 3 aromatic rings. The van der Waals surface area contributed by atoms with Crippen LogP contribution in [-0.4, -0.2) is 42.2 Å².